The summed E-state index contributed by atoms with van der Waals surface area (Å²) >= 11 is 3.46. The average Bonchev–Trinajstić information content (AvgIpc) is 2.97. The van der Waals surface area contributed by atoms with Gasteiger partial charge in [-0.15, -0.1) is 0 Å². The summed E-state index contributed by atoms with van der Waals surface area (Å²) in [6, 6.07) is 15.5. The Morgan fingerprint density at radius 3 is 2.68 bits per heavy atom. The molecule has 0 spiro atoms. The van der Waals surface area contributed by atoms with Crippen molar-refractivity contribution in [2.45, 2.75) is 32.2 Å². The molecule has 0 bridgehead atoms. The number of benzene rings is 2. The Labute approximate surface area is 155 Å². The molecule has 2 aromatic rings. The monoisotopic (exact) mass is 401 g/mol. The maximum Gasteiger partial charge on any atom is 0.416 e. The molecule has 1 aliphatic rings. The van der Waals surface area contributed by atoms with Crippen LogP contribution >= 0.6 is 15.9 Å². The lowest BCUT2D eigenvalue weighted by molar-refractivity contribution is -0.128. The fourth-order valence-corrected chi connectivity index (χ4v) is 3.56. The highest BCUT2D eigenvalue weighted by molar-refractivity contribution is 9.10. The van der Waals surface area contributed by atoms with Crippen LogP contribution in [0.25, 0.3) is 0 Å². The van der Waals surface area contributed by atoms with Crippen molar-refractivity contribution in [1.29, 1.82) is 0 Å². The van der Waals surface area contributed by atoms with Crippen molar-refractivity contribution in [3.05, 3.63) is 69.7 Å². The normalized spacial score (nSPS) is 16.8. The van der Waals surface area contributed by atoms with E-state index in [9.17, 15) is 9.59 Å². The molecular formula is C20H20BrNO3. The van der Waals surface area contributed by atoms with Gasteiger partial charge < -0.3 is 4.74 Å². The highest BCUT2D eigenvalue weighted by Crippen LogP contribution is 2.22. The van der Waals surface area contributed by atoms with Gasteiger partial charge in [-0.1, -0.05) is 59.3 Å². The molecule has 130 valence electrons. The standard InChI is InChI=1S/C20H20BrNO3/c1-2-15-11-17(21)9-8-16(15)12-19(23)22-18(13-25-20(22)24)10-14-6-4-3-5-7-14/h3-9,11,18H,2,10,12-13H2,1H3. The number of hydrogen-bond donors (Lipinski definition) is 0. The van der Waals surface area contributed by atoms with Gasteiger partial charge in [-0.2, -0.15) is 0 Å². The van der Waals surface area contributed by atoms with E-state index >= 15 is 0 Å². The quantitative estimate of drug-likeness (QED) is 0.755. The first kappa shape index (κ1) is 17.7. The van der Waals surface area contributed by atoms with Crippen molar-refractivity contribution >= 4 is 27.9 Å². The predicted molar refractivity (Wildman–Crippen MR) is 99.4 cm³/mol. The lowest BCUT2D eigenvalue weighted by Gasteiger charge is -2.20. The van der Waals surface area contributed by atoms with Crippen molar-refractivity contribution in [3.8, 4) is 0 Å². The van der Waals surface area contributed by atoms with E-state index in [0.29, 0.717) is 6.42 Å². The number of imide groups is 1. The zero-order valence-corrected chi connectivity index (χ0v) is 15.7. The van der Waals surface area contributed by atoms with Crippen LogP contribution in [-0.4, -0.2) is 29.5 Å². The molecule has 5 heteroatoms. The van der Waals surface area contributed by atoms with Crippen LogP contribution in [0.1, 0.15) is 23.6 Å². The Kier molecular flexibility index (Phi) is 5.53. The van der Waals surface area contributed by atoms with E-state index in [1.807, 2.05) is 48.5 Å². The number of amides is 2. The minimum atomic E-state index is -0.541. The van der Waals surface area contributed by atoms with Crippen LogP contribution in [0.4, 0.5) is 4.79 Å². The largest absolute Gasteiger partial charge is 0.447 e. The van der Waals surface area contributed by atoms with Gasteiger partial charge in [0, 0.05) is 4.47 Å². The molecule has 0 radical (unpaired) electrons. The van der Waals surface area contributed by atoms with Gasteiger partial charge in [-0.25, -0.2) is 9.69 Å². The highest BCUT2D eigenvalue weighted by Gasteiger charge is 2.37. The molecule has 0 aromatic heterocycles. The van der Waals surface area contributed by atoms with Gasteiger partial charge >= 0.3 is 6.09 Å². The molecule has 1 heterocycles. The highest BCUT2D eigenvalue weighted by atomic mass is 79.9. The molecule has 0 saturated carbocycles. The second-order valence-corrected chi connectivity index (χ2v) is 7.04. The van der Waals surface area contributed by atoms with Gasteiger partial charge in [0.1, 0.15) is 6.61 Å². The number of nitrogens with zero attached hydrogens (tertiary/aromatic N) is 1. The zero-order chi connectivity index (χ0) is 17.8. The minimum Gasteiger partial charge on any atom is -0.447 e. The molecule has 1 aliphatic heterocycles. The molecule has 0 aliphatic carbocycles. The van der Waals surface area contributed by atoms with Gasteiger partial charge in [0.25, 0.3) is 0 Å². The van der Waals surface area contributed by atoms with Crippen LogP contribution in [0.2, 0.25) is 0 Å². The molecule has 1 fully saturated rings. The topological polar surface area (TPSA) is 46.6 Å². The Morgan fingerprint density at radius 1 is 1.20 bits per heavy atom. The van der Waals surface area contributed by atoms with E-state index in [1.54, 1.807) is 0 Å². The third-order valence-corrected chi connectivity index (χ3v) is 4.93. The molecule has 25 heavy (non-hydrogen) atoms. The summed E-state index contributed by atoms with van der Waals surface area (Å²) in [5.74, 6) is -0.208. The zero-order valence-electron chi connectivity index (χ0n) is 14.1. The van der Waals surface area contributed by atoms with Crippen molar-refractivity contribution in [1.82, 2.24) is 4.90 Å². The summed E-state index contributed by atoms with van der Waals surface area (Å²) in [6.07, 6.45) is 1.11. The third-order valence-electron chi connectivity index (χ3n) is 4.43. The summed E-state index contributed by atoms with van der Waals surface area (Å²) in [7, 11) is 0. The van der Waals surface area contributed by atoms with Gasteiger partial charge in [-0.05, 0) is 41.7 Å². The van der Waals surface area contributed by atoms with Gasteiger partial charge in [0.05, 0.1) is 12.5 Å². The molecule has 1 saturated heterocycles. The Bertz CT molecular complexity index is 776. The van der Waals surface area contributed by atoms with Crippen molar-refractivity contribution in [2.75, 3.05) is 6.61 Å². The second kappa shape index (κ2) is 7.83. The Hall–Kier alpha value is -2.14. The molecule has 1 atom stereocenters. The average molecular weight is 402 g/mol. The first-order valence-electron chi connectivity index (χ1n) is 8.38. The second-order valence-electron chi connectivity index (χ2n) is 6.13. The summed E-state index contributed by atoms with van der Waals surface area (Å²) in [5.41, 5.74) is 3.14. The SMILES string of the molecule is CCc1cc(Br)ccc1CC(=O)N1C(=O)OCC1Cc1ccccc1. The van der Waals surface area contributed by atoms with Crippen LogP contribution in [0, 0.1) is 0 Å². The minimum absolute atomic E-state index is 0.205. The van der Waals surface area contributed by atoms with E-state index in [2.05, 4.69) is 22.9 Å². The van der Waals surface area contributed by atoms with Crippen LogP contribution in [0.5, 0.6) is 0 Å². The smallest absolute Gasteiger partial charge is 0.416 e. The number of carbonyl (C=O) groups excluding carboxylic acids is 2. The molecule has 4 nitrogen and oxygen atoms in total. The fourth-order valence-electron chi connectivity index (χ4n) is 3.15. The van der Waals surface area contributed by atoms with Gasteiger partial charge in [-0.3, -0.25) is 4.79 Å². The molecular weight excluding hydrogens is 382 g/mol. The fraction of sp³-hybridized carbons (Fsp3) is 0.300. The van der Waals surface area contributed by atoms with E-state index in [4.69, 9.17) is 4.74 Å². The number of hydrogen-bond acceptors (Lipinski definition) is 3. The number of carbonyl (C=O) groups is 2. The summed E-state index contributed by atoms with van der Waals surface area (Å²) in [5, 5.41) is 0. The van der Waals surface area contributed by atoms with Crippen LogP contribution in [0.15, 0.2) is 53.0 Å². The summed E-state index contributed by atoms with van der Waals surface area (Å²) < 4.78 is 6.13. The first-order chi connectivity index (χ1) is 12.1. The van der Waals surface area contributed by atoms with E-state index in [1.165, 1.54) is 4.90 Å². The number of cyclic esters (lactones) is 1. The molecule has 2 amide bonds. The van der Waals surface area contributed by atoms with Gasteiger partial charge in [0.15, 0.2) is 0 Å². The molecule has 0 N–H and O–H groups in total. The number of halogens is 1. The van der Waals surface area contributed by atoms with E-state index in [0.717, 1.165) is 27.6 Å². The molecule has 2 aromatic carbocycles. The van der Waals surface area contributed by atoms with Crippen LogP contribution in [0.3, 0.4) is 0 Å². The summed E-state index contributed by atoms with van der Waals surface area (Å²) in [6.45, 7) is 2.30. The lowest BCUT2D eigenvalue weighted by atomic mass is 10.0. The Morgan fingerprint density at radius 2 is 1.96 bits per heavy atom. The summed E-state index contributed by atoms with van der Waals surface area (Å²) in [4.78, 5) is 26.2. The van der Waals surface area contributed by atoms with E-state index < -0.39 is 6.09 Å². The maximum absolute atomic E-state index is 12.8. The van der Waals surface area contributed by atoms with Crippen molar-refractivity contribution < 1.29 is 14.3 Å². The van der Waals surface area contributed by atoms with Crippen molar-refractivity contribution in [2.24, 2.45) is 0 Å². The number of aryl methyl sites for hydroxylation is 1. The van der Waals surface area contributed by atoms with Gasteiger partial charge in [0.2, 0.25) is 5.91 Å². The first-order valence-corrected chi connectivity index (χ1v) is 9.17. The third kappa shape index (κ3) is 4.10. The van der Waals surface area contributed by atoms with Crippen LogP contribution < -0.4 is 0 Å². The maximum atomic E-state index is 12.8. The lowest BCUT2D eigenvalue weighted by Crippen LogP contribution is -2.41. The molecule has 3 rings (SSSR count). The van der Waals surface area contributed by atoms with Crippen LogP contribution in [-0.2, 0) is 28.8 Å². The number of rotatable bonds is 5. The Balaban J connectivity index is 1.76. The number of ether oxygens (including phenoxy) is 1. The predicted octanol–water partition coefficient (Wildman–Crippen LogP) is 4.14. The van der Waals surface area contributed by atoms with Crippen molar-refractivity contribution in [3.63, 3.8) is 0 Å². The molecule has 1 unspecified atom stereocenters. The van der Waals surface area contributed by atoms with E-state index in [-0.39, 0.29) is 25.0 Å².